The summed E-state index contributed by atoms with van der Waals surface area (Å²) in [4.78, 5) is 21.7. The Balaban J connectivity index is 2.03. The van der Waals surface area contributed by atoms with Crippen molar-refractivity contribution in [3.05, 3.63) is 57.5 Å². The van der Waals surface area contributed by atoms with Crippen LogP contribution in [0.2, 0.25) is 0 Å². The van der Waals surface area contributed by atoms with E-state index in [1.54, 1.807) is 13.0 Å². The van der Waals surface area contributed by atoms with Crippen molar-refractivity contribution in [1.82, 2.24) is 5.16 Å². The van der Waals surface area contributed by atoms with Crippen molar-refractivity contribution in [3.63, 3.8) is 0 Å². The summed E-state index contributed by atoms with van der Waals surface area (Å²) in [6, 6.07) is 6.98. The number of benzene rings is 1. The zero-order valence-electron chi connectivity index (χ0n) is 10.0. The van der Waals surface area contributed by atoms with Gasteiger partial charge in [-0.05, 0) is 13.0 Å². The van der Waals surface area contributed by atoms with Gasteiger partial charge in [-0.15, -0.1) is 0 Å². The summed E-state index contributed by atoms with van der Waals surface area (Å²) in [6.45, 7) is 1.68. The largest absolute Gasteiger partial charge is 0.455 e. The summed E-state index contributed by atoms with van der Waals surface area (Å²) in [5.41, 5.74) is 0.442. The lowest BCUT2D eigenvalue weighted by atomic mass is 10.2. The third kappa shape index (κ3) is 3.15. The molecule has 0 unspecified atom stereocenters. The van der Waals surface area contributed by atoms with E-state index in [1.165, 1.54) is 18.2 Å². The molecule has 0 saturated carbocycles. The van der Waals surface area contributed by atoms with Crippen LogP contribution in [0.15, 0.2) is 34.9 Å². The molecular formula is C12H10N2O5. The first-order valence-corrected chi connectivity index (χ1v) is 5.40. The fraction of sp³-hybridized carbons (Fsp3) is 0.167. The number of nitro benzene ring substituents is 1. The van der Waals surface area contributed by atoms with Gasteiger partial charge < -0.3 is 9.26 Å². The van der Waals surface area contributed by atoms with Crippen LogP contribution in [0.25, 0.3) is 0 Å². The van der Waals surface area contributed by atoms with Crippen LogP contribution in [0, 0.1) is 17.0 Å². The maximum atomic E-state index is 11.7. The molecule has 2 aromatic rings. The van der Waals surface area contributed by atoms with Gasteiger partial charge in [0, 0.05) is 18.2 Å². The molecular weight excluding hydrogens is 252 g/mol. The van der Waals surface area contributed by atoms with Gasteiger partial charge in [-0.1, -0.05) is 11.2 Å². The first kappa shape index (κ1) is 12.7. The molecule has 0 spiro atoms. The second kappa shape index (κ2) is 5.30. The average Bonchev–Trinajstić information content (AvgIpc) is 2.82. The van der Waals surface area contributed by atoms with Crippen LogP contribution in [0.5, 0.6) is 0 Å². The maximum absolute atomic E-state index is 11.7. The highest BCUT2D eigenvalue weighted by Gasteiger charge is 2.13. The molecule has 98 valence electrons. The predicted molar refractivity (Wildman–Crippen MR) is 63.5 cm³/mol. The normalized spacial score (nSPS) is 10.2. The van der Waals surface area contributed by atoms with E-state index >= 15 is 0 Å². The van der Waals surface area contributed by atoms with Crippen molar-refractivity contribution >= 4 is 11.7 Å². The molecule has 1 aromatic heterocycles. The van der Waals surface area contributed by atoms with Crippen molar-refractivity contribution in [2.75, 3.05) is 0 Å². The van der Waals surface area contributed by atoms with Crippen LogP contribution in [-0.2, 0) is 11.3 Å². The molecule has 0 fully saturated rings. The number of aryl methyl sites for hydroxylation is 1. The molecule has 19 heavy (non-hydrogen) atoms. The number of rotatable bonds is 4. The van der Waals surface area contributed by atoms with E-state index in [4.69, 9.17) is 9.26 Å². The minimum atomic E-state index is -0.649. The van der Waals surface area contributed by atoms with Gasteiger partial charge in [0.1, 0.15) is 18.1 Å². The van der Waals surface area contributed by atoms with Gasteiger partial charge in [0.05, 0.1) is 10.5 Å². The number of ether oxygens (including phenoxy) is 1. The highest BCUT2D eigenvalue weighted by molar-refractivity contribution is 5.90. The van der Waals surface area contributed by atoms with E-state index in [1.807, 2.05) is 0 Å². The molecule has 0 aliphatic heterocycles. The van der Waals surface area contributed by atoms with Gasteiger partial charge in [-0.25, -0.2) is 4.79 Å². The highest BCUT2D eigenvalue weighted by atomic mass is 16.6. The topological polar surface area (TPSA) is 95.5 Å². The Morgan fingerprint density at radius 2 is 2.26 bits per heavy atom. The van der Waals surface area contributed by atoms with Gasteiger partial charge in [-0.2, -0.15) is 0 Å². The van der Waals surface area contributed by atoms with Crippen molar-refractivity contribution in [2.45, 2.75) is 13.5 Å². The lowest BCUT2D eigenvalue weighted by Gasteiger charge is -2.02. The number of esters is 1. The molecule has 0 aliphatic carbocycles. The molecule has 0 bridgehead atoms. The molecule has 0 saturated heterocycles. The molecule has 0 N–H and O–H groups in total. The van der Waals surface area contributed by atoms with E-state index in [2.05, 4.69) is 5.16 Å². The Morgan fingerprint density at radius 1 is 1.47 bits per heavy atom. The molecule has 0 amide bonds. The maximum Gasteiger partial charge on any atom is 0.338 e. The van der Waals surface area contributed by atoms with E-state index in [-0.39, 0.29) is 17.9 Å². The van der Waals surface area contributed by atoms with Crippen LogP contribution < -0.4 is 0 Å². The zero-order chi connectivity index (χ0) is 13.8. The molecule has 0 radical (unpaired) electrons. The minimum Gasteiger partial charge on any atom is -0.455 e. The molecule has 1 heterocycles. The van der Waals surface area contributed by atoms with Crippen molar-refractivity contribution in [3.8, 4) is 0 Å². The fourth-order valence-corrected chi connectivity index (χ4v) is 1.46. The number of hydrogen-bond acceptors (Lipinski definition) is 6. The predicted octanol–water partition coefficient (Wildman–Crippen LogP) is 2.25. The molecule has 7 heteroatoms. The number of nitrogens with zero attached hydrogens (tertiary/aromatic N) is 2. The lowest BCUT2D eigenvalue weighted by Crippen LogP contribution is -2.05. The smallest absolute Gasteiger partial charge is 0.338 e. The number of carbonyl (C=O) groups is 1. The quantitative estimate of drug-likeness (QED) is 0.476. The highest BCUT2D eigenvalue weighted by Crippen LogP contribution is 2.14. The van der Waals surface area contributed by atoms with E-state index in [9.17, 15) is 14.9 Å². The fourth-order valence-electron chi connectivity index (χ4n) is 1.46. The summed E-state index contributed by atoms with van der Waals surface area (Å²) in [5.74, 6) is -0.0363. The van der Waals surface area contributed by atoms with E-state index in [0.717, 1.165) is 6.07 Å². The van der Waals surface area contributed by atoms with Gasteiger partial charge in [-0.3, -0.25) is 10.1 Å². The summed E-state index contributed by atoms with van der Waals surface area (Å²) in [5, 5.41) is 14.3. The lowest BCUT2D eigenvalue weighted by molar-refractivity contribution is -0.384. The van der Waals surface area contributed by atoms with Gasteiger partial charge in [0.25, 0.3) is 5.69 Å². The summed E-state index contributed by atoms with van der Waals surface area (Å²) in [6.07, 6.45) is 0. The second-order valence-corrected chi connectivity index (χ2v) is 3.81. The van der Waals surface area contributed by atoms with Crippen LogP contribution in [0.1, 0.15) is 21.8 Å². The van der Waals surface area contributed by atoms with Gasteiger partial charge in [0.15, 0.2) is 0 Å². The first-order chi connectivity index (χ1) is 9.06. The van der Waals surface area contributed by atoms with Crippen LogP contribution in [-0.4, -0.2) is 16.0 Å². The Labute approximate surface area is 107 Å². The van der Waals surface area contributed by atoms with Crippen molar-refractivity contribution in [2.24, 2.45) is 0 Å². The van der Waals surface area contributed by atoms with Gasteiger partial charge >= 0.3 is 5.97 Å². The summed E-state index contributed by atoms with van der Waals surface area (Å²) < 4.78 is 9.80. The number of non-ortho nitro benzene ring substituents is 1. The van der Waals surface area contributed by atoms with Crippen molar-refractivity contribution < 1.29 is 19.0 Å². The standard InChI is InChI=1S/C12H10N2O5/c1-8-5-10(13-19-8)7-18-12(15)9-3-2-4-11(6-9)14(16)17/h2-6H,7H2,1H3. The number of nitro groups is 1. The van der Waals surface area contributed by atoms with E-state index in [0.29, 0.717) is 11.5 Å². The van der Waals surface area contributed by atoms with Crippen LogP contribution in [0.3, 0.4) is 0 Å². The Morgan fingerprint density at radius 3 is 2.89 bits per heavy atom. The molecule has 0 aliphatic rings. The third-order valence-corrected chi connectivity index (χ3v) is 2.32. The number of aromatic nitrogens is 1. The average molecular weight is 262 g/mol. The third-order valence-electron chi connectivity index (χ3n) is 2.32. The molecule has 7 nitrogen and oxygen atoms in total. The Bertz CT molecular complexity index is 620. The zero-order valence-corrected chi connectivity index (χ0v) is 10.0. The Hall–Kier alpha value is -2.70. The SMILES string of the molecule is Cc1cc(COC(=O)c2cccc([N+](=O)[O-])c2)no1. The summed E-state index contributed by atoms with van der Waals surface area (Å²) in [7, 11) is 0. The second-order valence-electron chi connectivity index (χ2n) is 3.81. The van der Waals surface area contributed by atoms with Crippen LogP contribution in [0.4, 0.5) is 5.69 Å². The molecule has 2 rings (SSSR count). The summed E-state index contributed by atoms with van der Waals surface area (Å²) >= 11 is 0. The first-order valence-electron chi connectivity index (χ1n) is 5.40. The minimum absolute atomic E-state index is 0.0428. The molecule has 1 aromatic carbocycles. The number of carbonyl (C=O) groups excluding carboxylic acids is 1. The van der Waals surface area contributed by atoms with Gasteiger partial charge in [0.2, 0.25) is 0 Å². The van der Waals surface area contributed by atoms with Crippen LogP contribution >= 0.6 is 0 Å². The number of hydrogen-bond donors (Lipinski definition) is 0. The van der Waals surface area contributed by atoms with Crippen molar-refractivity contribution in [1.29, 1.82) is 0 Å². The van der Waals surface area contributed by atoms with E-state index < -0.39 is 10.9 Å². The molecule has 0 atom stereocenters. The monoisotopic (exact) mass is 262 g/mol. The Kier molecular flexibility index (Phi) is 3.56.